The monoisotopic (exact) mass is 417 g/mol. The second-order valence-electron chi connectivity index (χ2n) is 6.76. The van der Waals surface area contributed by atoms with E-state index in [1.165, 1.54) is 11.1 Å². The Morgan fingerprint density at radius 1 is 1.22 bits per heavy atom. The summed E-state index contributed by atoms with van der Waals surface area (Å²) < 4.78 is 33.7. The molecule has 4 rings (SSSR count). The van der Waals surface area contributed by atoms with Crippen molar-refractivity contribution in [3.8, 4) is 0 Å². The maximum Gasteiger partial charge on any atom is 0.342 e. The third-order valence-corrected chi connectivity index (χ3v) is 6.79. The molecular formula is C16H17BrClNO3S. The van der Waals surface area contributed by atoms with Crippen molar-refractivity contribution in [2.75, 3.05) is 0 Å². The molecule has 0 bridgehead atoms. The standard InChI is InChI=1S/C16H17BrClNO3S/c17-12-4-3-11-5-8-16-7-2-1-6-15(16,13(11)9-12)10-14(22-16)19-23(18,20)21/h3-4,9H,1-2,5-8,10H2/b19-14-. The maximum absolute atomic E-state index is 11.4. The summed E-state index contributed by atoms with van der Waals surface area (Å²) in [7, 11) is 1.37. The van der Waals surface area contributed by atoms with Crippen LogP contribution < -0.4 is 0 Å². The third kappa shape index (κ3) is 2.45. The molecule has 124 valence electrons. The van der Waals surface area contributed by atoms with E-state index in [0.29, 0.717) is 6.42 Å². The smallest absolute Gasteiger partial charge is 0.342 e. The summed E-state index contributed by atoms with van der Waals surface area (Å²) in [5.41, 5.74) is 2.11. The number of hydrogen-bond acceptors (Lipinski definition) is 3. The van der Waals surface area contributed by atoms with E-state index in [1.54, 1.807) is 0 Å². The van der Waals surface area contributed by atoms with Crippen LogP contribution in [-0.2, 0) is 25.8 Å². The van der Waals surface area contributed by atoms with Crippen LogP contribution in [0.2, 0.25) is 0 Å². The molecule has 2 atom stereocenters. The molecule has 1 aromatic carbocycles. The van der Waals surface area contributed by atoms with Gasteiger partial charge in [-0.25, -0.2) is 0 Å². The zero-order chi connectivity index (χ0) is 16.3. The Morgan fingerprint density at radius 3 is 2.78 bits per heavy atom. The second-order valence-corrected chi connectivity index (χ2v) is 9.85. The fourth-order valence-electron chi connectivity index (χ4n) is 4.83. The van der Waals surface area contributed by atoms with Gasteiger partial charge in [0.05, 0.1) is 0 Å². The highest BCUT2D eigenvalue weighted by atomic mass is 79.9. The number of fused-ring (bicyclic) bond motifs is 1. The molecule has 0 amide bonds. The Labute approximate surface area is 149 Å². The summed E-state index contributed by atoms with van der Waals surface area (Å²) in [5, 5.41) is 0. The van der Waals surface area contributed by atoms with Gasteiger partial charge in [0.15, 0.2) is 0 Å². The van der Waals surface area contributed by atoms with Crippen molar-refractivity contribution < 1.29 is 13.2 Å². The van der Waals surface area contributed by atoms with Crippen molar-refractivity contribution in [3.63, 3.8) is 0 Å². The Morgan fingerprint density at radius 2 is 2.00 bits per heavy atom. The summed E-state index contributed by atoms with van der Waals surface area (Å²) >= 11 is 3.57. The predicted molar refractivity (Wildman–Crippen MR) is 93.2 cm³/mol. The molecule has 0 radical (unpaired) electrons. The normalized spacial score (nSPS) is 34.4. The topological polar surface area (TPSA) is 55.7 Å². The van der Waals surface area contributed by atoms with Crippen molar-refractivity contribution in [2.24, 2.45) is 4.40 Å². The van der Waals surface area contributed by atoms with Gasteiger partial charge in [0.1, 0.15) is 5.60 Å². The summed E-state index contributed by atoms with van der Waals surface area (Å²) in [6, 6.07) is 6.41. The molecular weight excluding hydrogens is 402 g/mol. The largest absolute Gasteiger partial charge is 0.473 e. The van der Waals surface area contributed by atoms with Crippen molar-refractivity contribution in [3.05, 3.63) is 33.8 Å². The molecule has 1 heterocycles. The average molecular weight is 419 g/mol. The molecule has 3 aliphatic rings. The van der Waals surface area contributed by atoms with Crippen LogP contribution in [0.4, 0.5) is 0 Å². The molecule has 1 saturated carbocycles. The van der Waals surface area contributed by atoms with Gasteiger partial charge in [-0.15, -0.1) is 4.40 Å². The lowest BCUT2D eigenvalue weighted by Gasteiger charge is -2.51. The zero-order valence-corrected chi connectivity index (χ0v) is 15.7. The van der Waals surface area contributed by atoms with Crippen LogP contribution in [0.3, 0.4) is 0 Å². The van der Waals surface area contributed by atoms with E-state index >= 15 is 0 Å². The summed E-state index contributed by atoms with van der Waals surface area (Å²) in [6.45, 7) is 0. The van der Waals surface area contributed by atoms with Crippen LogP contribution in [0.1, 0.15) is 49.7 Å². The molecule has 4 nitrogen and oxygen atoms in total. The Balaban J connectivity index is 1.90. The van der Waals surface area contributed by atoms with Crippen molar-refractivity contribution in [2.45, 2.75) is 56.0 Å². The number of halogens is 2. The molecule has 1 aromatic rings. The van der Waals surface area contributed by atoms with Gasteiger partial charge in [-0.3, -0.25) is 0 Å². The van der Waals surface area contributed by atoms with Crippen molar-refractivity contribution >= 4 is 41.7 Å². The summed E-state index contributed by atoms with van der Waals surface area (Å²) in [5.74, 6) is 0.273. The van der Waals surface area contributed by atoms with Crippen molar-refractivity contribution in [1.82, 2.24) is 0 Å². The number of benzene rings is 1. The van der Waals surface area contributed by atoms with Gasteiger partial charge in [-0.05, 0) is 55.4 Å². The van der Waals surface area contributed by atoms with Crippen LogP contribution in [0.25, 0.3) is 0 Å². The van der Waals surface area contributed by atoms with E-state index < -0.39 is 9.24 Å². The van der Waals surface area contributed by atoms with E-state index in [9.17, 15) is 8.42 Å². The van der Waals surface area contributed by atoms with Crippen molar-refractivity contribution in [1.29, 1.82) is 0 Å². The molecule has 2 fully saturated rings. The first-order chi connectivity index (χ1) is 10.8. The highest BCUT2D eigenvalue weighted by Crippen LogP contribution is 2.60. The van der Waals surface area contributed by atoms with Crippen LogP contribution in [0.5, 0.6) is 0 Å². The first-order valence-electron chi connectivity index (χ1n) is 7.85. The maximum atomic E-state index is 11.4. The van der Waals surface area contributed by atoms with E-state index in [1.807, 2.05) is 0 Å². The molecule has 7 heteroatoms. The minimum absolute atomic E-state index is 0.178. The van der Waals surface area contributed by atoms with Gasteiger partial charge in [0.2, 0.25) is 5.90 Å². The quantitative estimate of drug-likeness (QED) is 0.641. The van der Waals surface area contributed by atoms with E-state index in [2.05, 4.69) is 38.5 Å². The molecule has 1 aliphatic heterocycles. The van der Waals surface area contributed by atoms with Gasteiger partial charge < -0.3 is 4.74 Å². The zero-order valence-electron chi connectivity index (χ0n) is 12.5. The fourth-order valence-corrected chi connectivity index (χ4v) is 5.77. The first-order valence-corrected chi connectivity index (χ1v) is 10.9. The molecule has 0 spiro atoms. The Bertz CT molecular complexity index is 810. The summed E-state index contributed by atoms with van der Waals surface area (Å²) in [4.78, 5) is 0. The molecule has 0 aromatic heterocycles. The van der Waals surface area contributed by atoms with E-state index in [-0.39, 0.29) is 16.9 Å². The van der Waals surface area contributed by atoms with Crippen LogP contribution >= 0.6 is 26.6 Å². The van der Waals surface area contributed by atoms with E-state index in [0.717, 1.165) is 43.0 Å². The average Bonchev–Trinajstić information content (AvgIpc) is 2.79. The lowest BCUT2D eigenvalue weighted by molar-refractivity contribution is -0.0324. The van der Waals surface area contributed by atoms with Crippen LogP contribution in [-0.4, -0.2) is 19.9 Å². The fraction of sp³-hybridized carbons (Fsp3) is 0.562. The molecule has 0 N–H and O–H groups in total. The highest BCUT2D eigenvalue weighted by molar-refractivity contribution is 9.10. The highest BCUT2D eigenvalue weighted by Gasteiger charge is 2.63. The number of rotatable bonds is 1. The molecule has 23 heavy (non-hydrogen) atoms. The van der Waals surface area contributed by atoms with Gasteiger partial charge in [-0.1, -0.05) is 28.4 Å². The SMILES string of the molecule is O=S(=O)(Cl)/N=C1/CC23CCCCC2(CCc2ccc(Br)cc23)O1. The second kappa shape index (κ2) is 5.20. The summed E-state index contributed by atoms with van der Waals surface area (Å²) in [6.07, 6.45) is 6.54. The van der Waals surface area contributed by atoms with Gasteiger partial charge in [-0.2, -0.15) is 8.42 Å². The predicted octanol–water partition coefficient (Wildman–Crippen LogP) is 4.25. The van der Waals surface area contributed by atoms with Crippen LogP contribution in [0.15, 0.2) is 27.1 Å². The number of aryl methyl sites for hydroxylation is 1. The number of hydrogen-bond donors (Lipinski definition) is 0. The van der Waals surface area contributed by atoms with Gasteiger partial charge >= 0.3 is 9.24 Å². The van der Waals surface area contributed by atoms with Crippen LogP contribution in [0, 0.1) is 0 Å². The Hall–Kier alpha value is -0.590. The third-order valence-electron chi connectivity index (χ3n) is 5.67. The van der Waals surface area contributed by atoms with E-state index in [4.69, 9.17) is 15.4 Å². The van der Waals surface area contributed by atoms with Gasteiger partial charge in [0, 0.05) is 27.0 Å². The number of ether oxygens (including phenoxy) is 1. The minimum atomic E-state index is -3.96. The molecule has 2 aliphatic carbocycles. The Kier molecular flexibility index (Phi) is 3.60. The molecule has 2 unspecified atom stereocenters. The molecule has 1 saturated heterocycles. The lowest BCUT2D eigenvalue weighted by Crippen LogP contribution is -2.53. The minimum Gasteiger partial charge on any atom is -0.473 e. The number of nitrogens with zero attached hydrogens (tertiary/aromatic N) is 1. The van der Waals surface area contributed by atoms with Gasteiger partial charge in [0.25, 0.3) is 0 Å². The first kappa shape index (κ1) is 15.9. The lowest BCUT2D eigenvalue weighted by atomic mass is 9.54.